The lowest BCUT2D eigenvalue weighted by Crippen LogP contribution is -1.94. The van der Waals surface area contributed by atoms with Crippen molar-refractivity contribution < 1.29 is 4.74 Å². The zero-order valence-electron chi connectivity index (χ0n) is 5.57. The molecule has 0 saturated carbocycles. The maximum Gasteiger partial charge on any atom is 0.618 e. The maximum atomic E-state index is 5.15. The standard InChI is InChI=1S/C5H10O.2ClH.Mg/c1-5-3-2-4-6-5;;;/h5H,2-4H2,1H3;2*1H;/q;;;+2/p-2. The Morgan fingerprint density at radius 3 is 2.22 bits per heavy atom. The second-order valence-electron chi connectivity index (χ2n) is 1.92. The van der Waals surface area contributed by atoms with Crippen LogP contribution in [0.15, 0.2) is 0 Å². The molecule has 4 heteroatoms. The van der Waals surface area contributed by atoms with Crippen LogP contribution in [0.25, 0.3) is 0 Å². The lowest BCUT2D eigenvalue weighted by atomic mass is 10.3. The number of ether oxygens (including phenoxy) is 1. The average molecular weight is 181 g/mol. The van der Waals surface area contributed by atoms with Gasteiger partial charge in [-0.25, -0.2) is 0 Å². The molecular weight excluding hydrogens is 171 g/mol. The van der Waals surface area contributed by atoms with Crippen LogP contribution in [0.4, 0.5) is 0 Å². The summed E-state index contributed by atoms with van der Waals surface area (Å²) in [5.41, 5.74) is 0. The van der Waals surface area contributed by atoms with E-state index in [1.807, 2.05) is 0 Å². The van der Waals surface area contributed by atoms with Gasteiger partial charge in [0, 0.05) is 6.61 Å². The largest absolute Gasteiger partial charge is 0.618 e. The third kappa shape index (κ3) is 7.20. The van der Waals surface area contributed by atoms with Crippen molar-refractivity contribution in [2.24, 2.45) is 0 Å². The van der Waals surface area contributed by atoms with Crippen molar-refractivity contribution in [2.75, 3.05) is 6.61 Å². The van der Waals surface area contributed by atoms with Crippen molar-refractivity contribution in [2.45, 2.75) is 25.9 Å². The Morgan fingerprint density at radius 2 is 2.11 bits per heavy atom. The predicted octanol–water partition coefficient (Wildman–Crippen LogP) is 2.18. The van der Waals surface area contributed by atoms with E-state index in [4.69, 9.17) is 22.9 Å². The van der Waals surface area contributed by atoms with Gasteiger partial charge >= 0.3 is 18.2 Å². The molecule has 1 atom stereocenters. The minimum atomic E-state index is -0.639. The molecule has 0 radical (unpaired) electrons. The van der Waals surface area contributed by atoms with E-state index in [1.165, 1.54) is 12.8 Å². The second kappa shape index (κ2) is 7.41. The highest BCUT2D eigenvalue weighted by atomic mass is 35.6. The molecule has 1 nitrogen and oxygen atoms in total. The predicted molar refractivity (Wildman–Crippen MR) is 42.1 cm³/mol. The van der Waals surface area contributed by atoms with Crippen LogP contribution in [0.2, 0.25) is 0 Å². The van der Waals surface area contributed by atoms with E-state index in [1.54, 1.807) is 0 Å². The van der Waals surface area contributed by atoms with Crippen molar-refractivity contribution in [3.8, 4) is 0 Å². The highest BCUT2D eigenvalue weighted by Gasteiger charge is 2.07. The minimum absolute atomic E-state index is 0.546. The number of hydrogen-bond acceptors (Lipinski definition) is 1. The Kier molecular flexibility index (Phi) is 8.49. The third-order valence-electron chi connectivity index (χ3n) is 1.16. The third-order valence-corrected chi connectivity index (χ3v) is 1.16. The van der Waals surface area contributed by atoms with Crippen LogP contribution in [0.5, 0.6) is 0 Å². The fourth-order valence-electron chi connectivity index (χ4n) is 0.739. The summed E-state index contributed by atoms with van der Waals surface area (Å²) in [4.78, 5) is 0. The molecule has 0 spiro atoms. The molecule has 1 heterocycles. The van der Waals surface area contributed by atoms with E-state index in [0.717, 1.165) is 6.61 Å². The molecule has 0 aromatic rings. The SMILES string of the molecule is CC1CCCO1.[Cl][Mg][Cl]. The molecule has 1 aliphatic heterocycles. The van der Waals surface area contributed by atoms with Crippen molar-refractivity contribution in [1.82, 2.24) is 0 Å². The molecule has 1 unspecified atom stereocenters. The number of hydrogen-bond donors (Lipinski definition) is 0. The van der Waals surface area contributed by atoms with E-state index < -0.39 is 18.2 Å². The van der Waals surface area contributed by atoms with E-state index >= 15 is 0 Å². The van der Waals surface area contributed by atoms with Gasteiger partial charge in [-0.2, -0.15) is 0 Å². The first-order valence-electron chi connectivity index (χ1n) is 3.04. The van der Waals surface area contributed by atoms with Crippen molar-refractivity contribution in [3.05, 3.63) is 0 Å². The Labute approximate surface area is 73.3 Å². The van der Waals surface area contributed by atoms with Crippen molar-refractivity contribution >= 4 is 36.3 Å². The quantitative estimate of drug-likeness (QED) is 0.521. The van der Waals surface area contributed by atoms with Crippen LogP contribution in [0.3, 0.4) is 0 Å². The molecule has 1 saturated heterocycles. The summed E-state index contributed by atoms with van der Waals surface area (Å²) in [6, 6.07) is 0. The molecule has 1 rings (SSSR count). The Balaban J connectivity index is 0.000000187. The highest BCUT2D eigenvalue weighted by molar-refractivity contribution is 7.22. The van der Waals surface area contributed by atoms with Gasteiger partial charge in [0.1, 0.15) is 0 Å². The fraction of sp³-hybridized carbons (Fsp3) is 1.00. The minimum Gasteiger partial charge on any atom is -0.379 e. The first kappa shape index (κ1) is 10.3. The lowest BCUT2D eigenvalue weighted by Gasteiger charge is -1.94. The molecule has 1 aliphatic rings. The summed E-state index contributed by atoms with van der Waals surface area (Å²) < 4.78 is 5.15. The number of halogens is 2. The monoisotopic (exact) mass is 180 g/mol. The fourth-order valence-corrected chi connectivity index (χ4v) is 0.739. The van der Waals surface area contributed by atoms with Gasteiger partial charge in [0.05, 0.1) is 6.10 Å². The van der Waals surface area contributed by atoms with Crippen molar-refractivity contribution in [1.29, 1.82) is 0 Å². The van der Waals surface area contributed by atoms with Crippen molar-refractivity contribution in [3.63, 3.8) is 0 Å². The number of rotatable bonds is 0. The molecular formula is C5H10Cl2MgO. The van der Waals surface area contributed by atoms with E-state index in [9.17, 15) is 0 Å². The molecule has 0 amide bonds. The van der Waals surface area contributed by atoms with Gasteiger partial charge in [-0.3, -0.25) is 0 Å². The molecule has 52 valence electrons. The van der Waals surface area contributed by atoms with Gasteiger partial charge in [0.15, 0.2) is 0 Å². The maximum absolute atomic E-state index is 5.15. The molecule has 1 fully saturated rings. The zero-order chi connectivity index (χ0) is 7.11. The highest BCUT2D eigenvalue weighted by Crippen LogP contribution is 2.09. The molecule has 9 heavy (non-hydrogen) atoms. The van der Waals surface area contributed by atoms with Crippen LogP contribution < -0.4 is 0 Å². The Bertz CT molecular complexity index is 56.9. The first-order valence-corrected chi connectivity index (χ1v) is 7.32. The average Bonchev–Trinajstić information content (AvgIpc) is 2.20. The molecule has 0 aliphatic carbocycles. The van der Waals surface area contributed by atoms with E-state index in [0.29, 0.717) is 6.10 Å². The lowest BCUT2D eigenvalue weighted by molar-refractivity contribution is 0.125. The van der Waals surface area contributed by atoms with Crippen LogP contribution in [-0.2, 0) is 4.74 Å². The zero-order valence-corrected chi connectivity index (χ0v) is 8.50. The smallest absolute Gasteiger partial charge is 0.379 e. The Hall–Kier alpha value is 1.31. The van der Waals surface area contributed by atoms with Gasteiger partial charge in [0.25, 0.3) is 0 Å². The second-order valence-corrected chi connectivity index (χ2v) is 4.55. The summed E-state index contributed by atoms with van der Waals surface area (Å²) in [5, 5.41) is 0. The summed E-state index contributed by atoms with van der Waals surface area (Å²) in [6.07, 6.45) is 3.08. The normalized spacial score (nSPS) is 24.1. The summed E-state index contributed by atoms with van der Waals surface area (Å²) in [6.45, 7) is 3.11. The van der Waals surface area contributed by atoms with Crippen LogP contribution in [0, 0.1) is 0 Å². The molecule has 0 bridgehead atoms. The molecule has 0 aromatic heterocycles. The summed E-state index contributed by atoms with van der Waals surface area (Å²) >= 11 is -0.639. The summed E-state index contributed by atoms with van der Waals surface area (Å²) in [5.74, 6) is 0. The van der Waals surface area contributed by atoms with Crippen LogP contribution in [-0.4, -0.2) is 30.9 Å². The van der Waals surface area contributed by atoms with Gasteiger partial charge < -0.3 is 22.9 Å². The first-order chi connectivity index (χ1) is 4.31. The van der Waals surface area contributed by atoms with Gasteiger partial charge in [-0.15, -0.1) is 0 Å². The molecule has 0 N–H and O–H groups in total. The Morgan fingerprint density at radius 1 is 1.56 bits per heavy atom. The van der Waals surface area contributed by atoms with Crippen LogP contribution >= 0.6 is 18.1 Å². The van der Waals surface area contributed by atoms with E-state index in [-0.39, 0.29) is 0 Å². The topological polar surface area (TPSA) is 9.23 Å². The summed E-state index contributed by atoms with van der Waals surface area (Å²) in [7, 11) is 9.81. The van der Waals surface area contributed by atoms with Gasteiger partial charge in [0.2, 0.25) is 0 Å². The van der Waals surface area contributed by atoms with Gasteiger partial charge in [-0.05, 0) is 19.8 Å². The van der Waals surface area contributed by atoms with Gasteiger partial charge in [-0.1, -0.05) is 0 Å². The van der Waals surface area contributed by atoms with E-state index in [2.05, 4.69) is 6.92 Å². The van der Waals surface area contributed by atoms with Crippen LogP contribution in [0.1, 0.15) is 19.8 Å². The molecule has 0 aromatic carbocycles.